The number of hydrogen-bond acceptors (Lipinski definition) is 4. The second-order valence-corrected chi connectivity index (χ2v) is 9.97. The summed E-state index contributed by atoms with van der Waals surface area (Å²) < 4.78 is 0. The summed E-state index contributed by atoms with van der Waals surface area (Å²) >= 11 is 13.9. The largest absolute Gasteiger partial charge is 0.333 e. The van der Waals surface area contributed by atoms with Gasteiger partial charge in [0.25, 0.3) is 0 Å². The molecule has 0 unspecified atom stereocenters. The molecule has 170 valence electrons. The van der Waals surface area contributed by atoms with Gasteiger partial charge in [-0.1, -0.05) is 36.5 Å². The third-order valence-electron chi connectivity index (χ3n) is 5.45. The summed E-state index contributed by atoms with van der Waals surface area (Å²) in [6, 6.07) is 5.17. The maximum Gasteiger partial charge on any atom is 0.315 e. The van der Waals surface area contributed by atoms with Crippen molar-refractivity contribution in [3.63, 3.8) is 0 Å². The monoisotopic (exact) mass is 486 g/mol. The molecule has 2 fully saturated rings. The van der Waals surface area contributed by atoms with Crippen LogP contribution in [0.25, 0.3) is 0 Å². The molecule has 1 aromatic carbocycles. The standard InChI is InChI=1S/C21H28Cl2N4O3S/c1-2-9-27(11-18(28)24-15-10-13(22)7-8-14(15)23)19(29)6-4-3-5-17-20-16(12-31-17)25-21(30)26-20/h7-8,10,16-17,20H,2-6,9,11-12H2,1H3,(H,24,28)(H2,25,26,30)/t16-,17-,20-/m0/s1. The second-order valence-electron chi connectivity index (χ2n) is 7.86. The fraction of sp³-hybridized carbons (Fsp3) is 0.571. The molecule has 2 aliphatic rings. The van der Waals surface area contributed by atoms with Gasteiger partial charge in [0, 0.05) is 29.0 Å². The fourth-order valence-corrected chi connectivity index (χ4v) is 5.82. The lowest BCUT2D eigenvalue weighted by atomic mass is 10.0. The third kappa shape index (κ3) is 6.67. The van der Waals surface area contributed by atoms with Crippen molar-refractivity contribution >= 4 is 58.5 Å². The van der Waals surface area contributed by atoms with Gasteiger partial charge in [-0.2, -0.15) is 11.8 Å². The van der Waals surface area contributed by atoms with E-state index in [4.69, 9.17) is 23.2 Å². The summed E-state index contributed by atoms with van der Waals surface area (Å²) in [6.07, 6.45) is 3.80. The van der Waals surface area contributed by atoms with Gasteiger partial charge in [0.05, 0.1) is 29.3 Å². The predicted molar refractivity (Wildman–Crippen MR) is 126 cm³/mol. The molecule has 31 heavy (non-hydrogen) atoms. The van der Waals surface area contributed by atoms with E-state index in [1.165, 1.54) is 0 Å². The van der Waals surface area contributed by atoms with Crippen molar-refractivity contribution in [2.24, 2.45) is 0 Å². The van der Waals surface area contributed by atoms with E-state index < -0.39 is 0 Å². The van der Waals surface area contributed by atoms with E-state index in [1.807, 2.05) is 18.7 Å². The second kappa shape index (κ2) is 11.3. The molecule has 3 rings (SSSR count). The van der Waals surface area contributed by atoms with E-state index >= 15 is 0 Å². The van der Waals surface area contributed by atoms with Crippen LogP contribution in [-0.2, 0) is 9.59 Å². The van der Waals surface area contributed by atoms with Gasteiger partial charge < -0.3 is 20.9 Å². The lowest BCUT2D eigenvalue weighted by Crippen LogP contribution is -2.38. The molecule has 0 aliphatic carbocycles. The van der Waals surface area contributed by atoms with E-state index in [9.17, 15) is 14.4 Å². The van der Waals surface area contributed by atoms with Crippen LogP contribution in [0.5, 0.6) is 0 Å². The number of rotatable bonds is 10. The van der Waals surface area contributed by atoms with Crippen LogP contribution in [0, 0.1) is 0 Å². The van der Waals surface area contributed by atoms with E-state index in [2.05, 4.69) is 16.0 Å². The van der Waals surface area contributed by atoms with E-state index in [1.54, 1.807) is 23.1 Å². The highest BCUT2D eigenvalue weighted by atomic mass is 35.5. The number of amides is 4. The van der Waals surface area contributed by atoms with Gasteiger partial charge in [0.1, 0.15) is 0 Å². The van der Waals surface area contributed by atoms with E-state index in [-0.39, 0.29) is 36.5 Å². The zero-order valence-electron chi connectivity index (χ0n) is 17.5. The molecular formula is C21H28Cl2N4O3S. The number of unbranched alkanes of at least 4 members (excludes halogenated alkanes) is 1. The van der Waals surface area contributed by atoms with Gasteiger partial charge in [0.15, 0.2) is 0 Å². The molecule has 0 radical (unpaired) electrons. The first-order valence-electron chi connectivity index (χ1n) is 10.6. The number of urea groups is 1. The molecule has 7 nitrogen and oxygen atoms in total. The Hall–Kier alpha value is -1.64. The third-order valence-corrected chi connectivity index (χ3v) is 7.52. The first kappa shape index (κ1) is 24.0. The van der Waals surface area contributed by atoms with Crippen LogP contribution in [-0.4, -0.2) is 58.9 Å². The highest BCUT2D eigenvalue weighted by Crippen LogP contribution is 2.33. The van der Waals surface area contributed by atoms with E-state index in [0.717, 1.165) is 31.4 Å². The normalized spacial score (nSPS) is 21.9. The quantitative estimate of drug-likeness (QED) is 0.345. The van der Waals surface area contributed by atoms with Crippen molar-refractivity contribution in [1.29, 1.82) is 0 Å². The molecule has 0 aromatic heterocycles. The molecule has 2 saturated heterocycles. The number of fused-ring (bicyclic) bond motifs is 1. The van der Waals surface area contributed by atoms with Gasteiger partial charge in [-0.25, -0.2) is 4.79 Å². The molecule has 3 N–H and O–H groups in total. The lowest BCUT2D eigenvalue weighted by molar-refractivity contribution is -0.134. The van der Waals surface area contributed by atoms with Gasteiger partial charge >= 0.3 is 6.03 Å². The Morgan fingerprint density at radius 3 is 2.84 bits per heavy atom. The first-order valence-corrected chi connectivity index (χ1v) is 12.4. The van der Waals surface area contributed by atoms with Crippen molar-refractivity contribution in [1.82, 2.24) is 15.5 Å². The maximum atomic E-state index is 12.7. The number of thioether (sulfide) groups is 1. The zero-order chi connectivity index (χ0) is 22.4. The van der Waals surface area contributed by atoms with Crippen molar-refractivity contribution < 1.29 is 14.4 Å². The summed E-state index contributed by atoms with van der Waals surface area (Å²) in [5.74, 6) is 0.606. The molecule has 1 aromatic rings. The number of halogens is 2. The number of nitrogens with zero attached hydrogens (tertiary/aromatic N) is 1. The minimum atomic E-state index is -0.302. The number of carbonyl (C=O) groups is 3. The number of anilines is 1. The number of benzene rings is 1. The van der Waals surface area contributed by atoms with Crippen molar-refractivity contribution in [2.75, 3.05) is 24.2 Å². The van der Waals surface area contributed by atoms with Crippen molar-refractivity contribution in [2.45, 2.75) is 56.4 Å². The average molecular weight is 487 g/mol. The average Bonchev–Trinajstić information content (AvgIpc) is 3.27. The van der Waals surface area contributed by atoms with Crippen LogP contribution < -0.4 is 16.0 Å². The van der Waals surface area contributed by atoms with Crippen LogP contribution in [0.4, 0.5) is 10.5 Å². The maximum absolute atomic E-state index is 12.7. The van der Waals surface area contributed by atoms with Crippen LogP contribution in [0.2, 0.25) is 10.0 Å². The Balaban J connectivity index is 1.42. The Bertz CT molecular complexity index is 826. The van der Waals surface area contributed by atoms with Crippen molar-refractivity contribution in [3.8, 4) is 0 Å². The van der Waals surface area contributed by atoms with Gasteiger partial charge in [-0.15, -0.1) is 0 Å². The summed E-state index contributed by atoms with van der Waals surface area (Å²) in [4.78, 5) is 38.2. The number of carbonyl (C=O) groups excluding carboxylic acids is 3. The molecule has 10 heteroatoms. The van der Waals surface area contributed by atoms with Crippen LogP contribution in [0.15, 0.2) is 18.2 Å². The smallest absolute Gasteiger partial charge is 0.315 e. The molecule has 2 aliphatic heterocycles. The van der Waals surface area contributed by atoms with Gasteiger partial charge in [-0.3, -0.25) is 9.59 Å². The lowest BCUT2D eigenvalue weighted by Gasteiger charge is -2.22. The highest BCUT2D eigenvalue weighted by molar-refractivity contribution is 8.00. The topological polar surface area (TPSA) is 90.5 Å². The Morgan fingerprint density at radius 2 is 2.06 bits per heavy atom. The van der Waals surface area contributed by atoms with Crippen LogP contribution in [0.1, 0.15) is 39.0 Å². The molecular weight excluding hydrogens is 459 g/mol. The molecule has 3 atom stereocenters. The molecule has 0 spiro atoms. The first-order chi connectivity index (χ1) is 14.9. The molecule has 2 heterocycles. The van der Waals surface area contributed by atoms with Crippen LogP contribution in [0.3, 0.4) is 0 Å². The van der Waals surface area contributed by atoms with Crippen molar-refractivity contribution in [3.05, 3.63) is 28.2 Å². The minimum Gasteiger partial charge on any atom is -0.333 e. The fourth-order valence-electron chi connectivity index (χ4n) is 3.94. The zero-order valence-corrected chi connectivity index (χ0v) is 19.8. The Labute approximate surface area is 197 Å². The summed E-state index contributed by atoms with van der Waals surface area (Å²) in [5.41, 5.74) is 0.434. The summed E-state index contributed by atoms with van der Waals surface area (Å²) in [6.45, 7) is 2.48. The van der Waals surface area contributed by atoms with Gasteiger partial charge in [0.2, 0.25) is 11.8 Å². The van der Waals surface area contributed by atoms with Crippen LogP contribution >= 0.6 is 35.0 Å². The number of hydrogen-bond donors (Lipinski definition) is 3. The SMILES string of the molecule is CCCN(CC(=O)Nc1cc(Cl)ccc1Cl)C(=O)CCCC[C@@H]1SC[C@@H]2NC(=O)N[C@@H]21. The van der Waals surface area contributed by atoms with Gasteiger partial charge in [-0.05, 0) is 37.5 Å². The Morgan fingerprint density at radius 1 is 1.26 bits per heavy atom. The molecule has 4 amide bonds. The molecule has 0 saturated carbocycles. The Kier molecular flexibility index (Phi) is 8.75. The van der Waals surface area contributed by atoms with E-state index in [0.29, 0.717) is 33.9 Å². The number of nitrogens with one attached hydrogen (secondary N) is 3. The predicted octanol–water partition coefficient (Wildman–Crippen LogP) is 3.90. The molecule has 0 bridgehead atoms. The summed E-state index contributed by atoms with van der Waals surface area (Å²) in [7, 11) is 0. The minimum absolute atomic E-state index is 0.0184. The summed E-state index contributed by atoms with van der Waals surface area (Å²) in [5, 5.41) is 9.92. The highest BCUT2D eigenvalue weighted by Gasteiger charge is 2.42.